The van der Waals surface area contributed by atoms with E-state index in [1.165, 1.54) is 10.8 Å². The normalized spacial score (nSPS) is 14.4. The van der Waals surface area contributed by atoms with Gasteiger partial charge < -0.3 is 9.16 Å². The predicted octanol–water partition coefficient (Wildman–Crippen LogP) is 8.79. The summed E-state index contributed by atoms with van der Waals surface area (Å²) in [5.41, 5.74) is 1.14. The van der Waals surface area contributed by atoms with Gasteiger partial charge in [-0.05, 0) is 72.1 Å². The van der Waals surface area contributed by atoms with Crippen LogP contribution < -0.4 is 4.74 Å². The van der Waals surface area contributed by atoms with Gasteiger partial charge in [0.25, 0.3) is 0 Å². The molecule has 5 heteroatoms. The van der Waals surface area contributed by atoms with Crippen LogP contribution in [-0.2, 0) is 10.8 Å². The maximum atomic E-state index is 6.75. The quantitative estimate of drug-likeness (QED) is 0.294. The Bertz CT molecular complexity index is 1060. The highest BCUT2D eigenvalue weighted by atomic mass is 35.5. The van der Waals surface area contributed by atoms with Crippen molar-refractivity contribution in [2.24, 2.45) is 5.92 Å². The van der Waals surface area contributed by atoms with Crippen LogP contribution >= 0.6 is 23.2 Å². The molecule has 0 saturated carbocycles. The van der Waals surface area contributed by atoms with Crippen molar-refractivity contribution < 1.29 is 9.16 Å². The smallest absolute Gasteiger partial charge is 0.192 e. The zero-order valence-corrected chi connectivity index (χ0v) is 22.4. The molecule has 0 aliphatic carbocycles. The van der Waals surface area contributed by atoms with Crippen molar-refractivity contribution in [1.82, 2.24) is 0 Å². The molecule has 2 unspecified atom stereocenters. The lowest BCUT2D eigenvalue weighted by molar-refractivity contribution is 0.0963. The summed E-state index contributed by atoms with van der Waals surface area (Å²) in [5, 5.41) is 3.69. The highest BCUT2D eigenvalue weighted by Crippen LogP contribution is 2.38. The van der Waals surface area contributed by atoms with Crippen molar-refractivity contribution in [3.63, 3.8) is 0 Å². The number of halogens is 2. The first-order chi connectivity index (χ1) is 15.0. The van der Waals surface area contributed by atoms with Gasteiger partial charge in [-0.2, -0.15) is 0 Å². The van der Waals surface area contributed by atoms with Gasteiger partial charge in [0, 0.05) is 12.0 Å². The van der Waals surface area contributed by atoms with Crippen LogP contribution in [0.4, 0.5) is 0 Å². The lowest BCUT2D eigenvalue weighted by Crippen LogP contribution is -2.46. The summed E-state index contributed by atoms with van der Waals surface area (Å²) >= 11 is 12.4. The van der Waals surface area contributed by atoms with E-state index >= 15 is 0 Å². The predicted molar refractivity (Wildman–Crippen MR) is 141 cm³/mol. The van der Waals surface area contributed by atoms with Crippen molar-refractivity contribution in [3.05, 3.63) is 76.3 Å². The largest absolute Gasteiger partial charge is 0.493 e. The number of rotatable bonds is 8. The summed E-state index contributed by atoms with van der Waals surface area (Å²) in [6, 6.07) is 20.4. The monoisotopic (exact) mass is 488 g/mol. The molecular weight excluding hydrogens is 455 g/mol. The molecule has 0 radical (unpaired) electrons. The average Bonchev–Trinajstić information content (AvgIpc) is 2.72. The van der Waals surface area contributed by atoms with Gasteiger partial charge in [0.15, 0.2) is 8.32 Å². The van der Waals surface area contributed by atoms with Crippen LogP contribution in [0.15, 0.2) is 60.7 Å². The SMILES string of the molecule is CC(O[Si](C)(C)C(C)(C)C)C(COc1ccc2ccccc2c1)Cc1ccc(Cl)c(Cl)c1. The van der Waals surface area contributed by atoms with Gasteiger partial charge in [0.05, 0.1) is 16.7 Å². The Kier molecular flexibility index (Phi) is 7.98. The molecule has 0 aliphatic heterocycles. The molecule has 0 aromatic heterocycles. The average molecular weight is 490 g/mol. The third kappa shape index (κ3) is 6.29. The standard InChI is InChI=1S/C27H34Cl2O2Si/c1-19(31-32(5,6)27(2,3)4)23(15-20-11-14-25(28)26(29)16-20)18-30-24-13-12-21-9-7-8-10-22(21)17-24/h7-14,16-17,19,23H,15,18H2,1-6H3. The van der Waals surface area contributed by atoms with E-state index in [1.54, 1.807) is 0 Å². The van der Waals surface area contributed by atoms with E-state index in [4.69, 9.17) is 32.4 Å². The third-order valence-electron chi connectivity index (χ3n) is 6.62. The van der Waals surface area contributed by atoms with Crippen LogP contribution in [0, 0.1) is 5.92 Å². The first-order valence-electron chi connectivity index (χ1n) is 11.2. The summed E-state index contributed by atoms with van der Waals surface area (Å²) in [4.78, 5) is 0. The fourth-order valence-corrected chi connectivity index (χ4v) is 5.32. The summed E-state index contributed by atoms with van der Waals surface area (Å²) in [7, 11) is -1.92. The van der Waals surface area contributed by atoms with Gasteiger partial charge in [-0.25, -0.2) is 0 Å². The number of ether oxygens (including phenoxy) is 1. The Labute approximate surface area is 204 Å². The van der Waals surface area contributed by atoms with Gasteiger partial charge in [-0.1, -0.05) is 80.4 Å². The summed E-state index contributed by atoms with van der Waals surface area (Å²) < 4.78 is 13.0. The summed E-state index contributed by atoms with van der Waals surface area (Å²) in [5.74, 6) is 1.05. The van der Waals surface area contributed by atoms with Crippen LogP contribution in [0.2, 0.25) is 28.2 Å². The fraction of sp³-hybridized carbons (Fsp3) is 0.407. The molecule has 0 N–H and O–H groups in total. The summed E-state index contributed by atoms with van der Waals surface area (Å²) in [6.07, 6.45) is 0.853. The second kappa shape index (κ2) is 10.2. The van der Waals surface area contributed by atoms with Gasteiger partial charge >= 0.3 is 0 Å². The molecule has 0 saturated heterocycles. The van der Waals surface area contributed by atoms with Crippen LogP contribution in [0.5, 0.6) is 5.75 Å². The number of fused-ring (bicyclic) bond motifs is 1. The first-order valence-corrected chi connectivity index (χ1v) is 14.9. The maximum absolute atomic E-state index is 6.75. The van der Waals surface area contributed by atoms with Crippen LogP contribution in [0.3, 0.4) is 0 Å². The maximum Gasteiger partial charge on any atom is 0.192 e. The molecular formula is C27H34Cl2O2Si. The molecule has 3 aromatic rings. The van der Waals surface area contributed by atoms with E-state index in [2.05, 4.69) is 71.1 Å². The molecule has 0 aliphatic rings. The topological polar surface area (TPSA) is 18.5 Å². The van der Waals surface area contributed by atoms with Gasteiger partial charge in [-0.3, -0.25) is 0 Å². The molecule has 2 nitrogen and oxygen atoms in total. The van der Waals surface area contributed by atoms with Crippen LogP contribution in [0.1, 0.15) is 33.3 Å². The lowest BCUT2D eigenvalue weighted by atomic mass is 9.95. The molecule has 3 aromatic carbocycles. The van der Waals surface area contributed by atoms with Crippen LogP contribution in [0.25, 0.3) is 10.8 Å². The Morgan fingerprint density at radius 2 is 1.56 bits per heavy atom. The van der Waals surface area contributed by atoms with E-state index in [1.807, 2.05) is 30.3 Å². The van der Waals surface area contributed by atoms with Gasteiger partial charge in [0.1, 0.15) is 5.75 Å². The van der Waals surface area contributed by atoms with E-state index < -0.39 is 8.32 Å². The minimum absolute atomic E-state index is 0.0470. The van der Waals surface area contributed by atoms with E-state index in [9.17, 15) is 0 Å². The summed E-state index contributed by atoms with van der Waals surface area (Å²) in [6.45, 7) is 14.1. The molecule has 0 heterocycles. The fourth-order valence-electron chi connectivity index (χ4n) is 3.53. The molecule has 0 bridgehead atoms. The molecule has 0 spiro atoms. The van der Waals surface area contributed by atoms with Crippen molar-refractivity contribution in [2.75, 3.05) is 6.61 Å². The second-order valence-corrected chi connectivity index (χ2v) is 15.7. The van der Waals surface area contributed by atoms with Gasteiger partial charge in [0.2, 0.25) is 0 Å². The molecule has 172 valence electrons. The Balaban J connectivity index is 1.80. The number of hydrogen-bond donors (Lipinski definition) is 0. The third-order valence-corrected chi connectivity index (χ3v) is 11.9. The Morgan fingerprint density at radius 1 is 0.875 bits per heavy atom. The van der Waals surface area contributed by atoms with Crippen LogP contribution in [-0.4, -0.2) is 21.0 Å². The Morgan fingerprint density at radius 3 is 2.22 bits per heavy atom. The minimum Gasteiger partial charge on any atom is -0.493 e. The second-order valence-electron chi connectivity index (χ2n) is 10.1. The number of hydrogen-bond acceptors (Lipinski definition) is 2. The minimum atomic E-state index is -1.92. The Hall–Kier alpha value is -1.52. The van der Waals surface area contributed by atoms with E-state index in [0.717, 1.165) is 17.7 Å². The van der Waals surface area contributed by atoms with Crippen molar-refractivity contribution >= 4 is 42.3 Å². The molecule has 2 atom stereocenters. The first kappa shape index (κ1) is 25.1. The molecule has 0 fully saturated rings. The molecule has 32 heavy (non-hydrogen) atoms. The zero-order chi connectivity index (χ0) is 23.5. The molecule has 3 rings (SSSR count). The zero-order valence-electron chi connectivity index (χ0n) is 19.9. The lowest BCUT2D eigenvalue weighted by Gasteiger charge is -2.40. The number of benzene rings is 3. The van der Waals surface area contributed by atoms with E-state index in [-0.39, 0.29) is 17.1 Å². The van der Waals surface area contributed by atoms with Crippen molar-refractivity contribution in [2.45, 2.75) is 58.4 Å². The van der Waals surface area contributed by atoms with E-state index in [0.29, 0.717) is 16.7 Å². The highest BCUT2D eigenvalue weighted by Gasteiger charge is 2.39. The van der Waals surface area contributed by atoms with Gasteiger partial charge in [-0.15, -0.1) is 0 Å². The van der Waals surface area contributed by atoms with Crippen molar-refractivity contribution in [3.8, 4) is 5.75 Å². The van der Waals surface area contributed by atoms with Crippen molar-refractivity contribution in [1.29, 1.82) is 0 Å². The molecule has 0 amide bonds. The highest BCUT2D eigenvalue weighted by molar-refractivity contribution is 6.74.